The van der Waals surface area contributed by atoms with Gasteiger partial charge in [0.1, 0.15) is 5.82 Å². The molecule has 1 saturated carbocycles. The zero-order valence-electron chi connectivity index (χ0n) is 12.4. The average Bonchev–Trinajstić information content (AvgIpc) is 3.34. The SMILES string of the molecule is Cc1cccc(Cl)c1Nc1cc(C2CC2)nc(NCCO)n1. The maximum absolute atomic E-state index is 8.94. The minimum absolute atomic E-state index is 0.0450. The van der Waals surface area contributed by atoms with E-state index in [2.05, 4.69) is 20.6 Å². The van der Waals surface area contributed by atoms with Gasteiger partial charge in [-0.25, -0.2) is 4.98 Å². The molecule has 0 amide bonds. The highest BCUT2D eigenvalue weighted by atomic mass is 35.5. The molecule has 0 aliphatic heterocycles. The Morgan fingerprint density at radius 3 is 2.82 bits per heavy atom. The van der Waals surface area contributed by atoms with Gasteiger partial charge in [0.15, 0.2) is 0 Å². The standard InChI is InChI=1S/C16H19ClN4O/c1-10-3-2-4-12(17)15(10)20-14-9-13(11-5-6-11)19-16(21-14)18-7-8-22/h2-4,9,11,22H,5-8H2,1H3,(H2,18,19,20,21). The number of aliphatic hydroxyl groups excluding tert-OH is 1. The molecule has 1 aliphatic rings. The van der Waals surface area contributed by atoms with E-state index in [1.807, 2.05) is 31.2 Å². The number of anilines is 3. The number of aliphatic hydroxyl groups is 1. The molecule has 5 nitrogen and oxygen atoms in total. The van der Waals surface area contributed by atoms with Crippen LogP contribution in [-0.2, 0) is 0 Å². The highest BCUT2D eigenvalue weighted by Gasteiger charge is 2.26. The van der Waals surface area contributed by atoms with Crippen molar-refractivity contribution in [1.29, 1.82) is 0 Å². The Bertz CT molecular complexity index is 653. The molecular weight excluding hydrogens is 300 g/mol. The van der Waals surface area contributed by atoms with Crippen molar-refractivity contribution in [3.63, 3.8) is 0 Å². The molecule has 22 heavy (non-hydrogen) atoms. The van der Waals surface area contributed by atoms with Gasteiger partial charge in [-0.2, -0.15) is 4.98 Å². The molecule has 116 valence electrons. The van der Waals surface area contributed by atoms with Crippen LogP contribution in [0.25, 0.3) is 0 Å². The molecule has 0 bridgehead atoms. The summed E-state index contributed by atoms with van der Waals surface area (Å²) in [5.74, 6) is 1.77. The van der Waals surface area contributed by atoms with Crippen LogP contribution in [-0.4, -0.2) is 28.2 Å². The van der Waals surface area contributed by atoms with Crippen molar-refractivity contribution in [1.82, 2.24) is 9.97 Å². The molecule has 1 aromatic heterocycles. The highest BCUT2D eigenvalue weighted by molar-refractivity contribution is 6.33. The number of hydrogen-bond donors (Lipinski definition) is 3. The number of benzene rings is 1. The molecule has 1 aromatic carbocycles. The summed E-state index contributed by atoms with van der Waals surface area (Å²) in [5.41, 5.74) is 2.95. The van der Waals surface area contributed by atoms with Gasteiger partial charge >= 0.3 is 0 Å². The molecule has 0 atom stereocenters. The summed E-state index contributed by atoms with van der Waals surface area (Å²) in [4.78, 5) is 8.97. The number of hydrogen-bond acceptors (Lipinski definition) is 5. The molecule has 1 aliphatic carbocycles. The van der Waals surface area contributed by atoms with Crippen LogP contribution in [0.4, 0.5) is 17.5 Å². The van der Waals surface area contributed by atoms with Crippen molar-refractivity contribution in [2.45, 2.75) is 25.7 Å². The van der Waals surface area contributed by atoms with E-state index in [1.54, 1.807) is 0 Å². The quantitative estimate of drug-likeness (QED) is 0.761. The van der Waals surface area contributed by atoms with Gasteiger partial charge in [0.25, 0.3) is 0 Å². The number of nitrogens with zero attached hydrogens (tertiary/aromatic N) is 2. The van der Waals surface area contributed by atoms with Gasteiger partial charge < -0.3 is 15.7 Å². The van der Waals surface area contributed by atoms with Gasteiger partial charge in [0.2, 0.25) is 5.95 Å². The van der Waals surface area contributed by atoms with Crippen LogP contribution in [0.2, 0.25) is 5.02 Å². The van der Waals surface area contributed by atoms with E-state index in [0.717, 1.165) is 16.9 Å². The maximum atomic E-state index is 8.94. The van der Waals surface area contributed by atoms with E-state index in [-0.39, 0.29) is 6.61 Å². The lowest BCUT2D eigenvalue weighted by Gasteiger charge is -2.13. The molecule has 0 radical (unpaired) electrons. The van der Waals surface area contributed by atoms with E-state index in [9.17, 15) is 0 Å². The van der Waals surface area contributed by atoms with Gasteiger partial charge in [-0.3, -0.25) is 0 Å². The van der Waals surface area contributed by atoms with E-state index in [4.69, 9.17) is 16.7 Å². The summed E-state index contributed by atoms with van der Waals surface area (Å²) in [6, 6.07) is 7.75. The molecule has 3 N–H and O–H groups in total. The molecule has 0 saturated heterocycles. The van der Waals surface area contributed by atoms with E-state index >= 15 is 0 Å². The van der Waals surface area contributed by atoms with E-state index < -0.39 is 0 Å². The number of rotatable bonds is 6. The minimum atomic E-state index is 0.0450. The highest BCUT2D eigenvalue weighted by Crippen LogP contribution is 2.40. The zero-order chi connectivity index (χ0) is 15.5. The fraction of sp³-hybridized carbons (Fsp3) is 0.375. The second-order valence-electron chi connectivity index (χ2n) is 5.48. The Hall–Kier alpha value is -1.85. The van der Waals surface area contributed by atoms with Gasteiger partial charge in [-0.15, -0.1) is 0 Å². The third kappa shape index (κ3) is 3.48. The molecule has 1 heterocycles. The number of halogens is 1. The summed E-state index contributed by atoms with van der Waals surface area (Å²) in [6.45, 7) is 2.48. The third-order valence-corrected chi connectivity index (χ3v) is 3.93. The number of aromatic nitrogens is 2. The fourth-order valence-corrected chi connectivity index (χ4v) is 2.55. The summed E-state index contributed by atoms with van der Waals surface area (Å²) in [6.07, 6.45) is 2.34. The van der Waals surface area contributed by atoms with Crippen molar-refractivity contribution in [2.24, 2.45) is 0 Å². The van der Waals surface area contributed by atoms with Crippen LogP contribution >= 0.6 is 11.6 Å². The third-order valence-electron chi connectivity index (χ3n) is 3.61. The second-order valence-corrected chi connectivity index (χ2v) is 5.89. The average molecular weight is 319 g/mol. The van der Waals surface area contributed by atoms with Crippen LogP contribution in [0, 0.1) is 6.92 Å². The minimum Gasteiger partial charge on any atom is -0.395 e. The molecule has 6 heteroatoms. The Balaban J connectivity index is 1.90. The summed E-state index contributed by atoms with van der Waals surface area (Å²) < 4.78 is 0. The van der Waals surface area contributed by atoms with E-state index in [0.29, 0.717) is 29.3 Å². The van der Waals surface area contributed by atoms with Crippen molar-refractivity contribution in [2.75, 3.05) is 23.8 Å². The molecule has 3 rings (SSSR count). The summed E-state index contributed by atoms with van der Waals surface area (Å²) >= 11 is 6.26. The van der Waals surface area contributed by atoms with Gasteiger partial charge in [0.05, 0.1) is 23.0 Å². The fourth-order valence-electron chi connectivity index (χ4n) is 2.28. The van der Waals surface area contributed by atoms with Crippen LogP contribution in [0.5, 0.6) is 0 Å². The lowest BCUT2D eigenvalue weighted by Crippen LogP contribution is -2.11. The zero-order valence-corrected chi connectivity index (χ0v) is 13.2. The Morgan fingerprint density at radius 1 is 1.32 bits per heavy atom. The predicted octanol–water partition coefficient (Wildman–Crippen LogP) is 3.46. The monoisotopic (exact) mass is 318 g/mol. The van der Waals surface area contributed by atoms with Crippen LogP contribution in [0.15, 0.2) is 24.3 Å². The maximum Gasteiger partial charge on any atom is 0.224 e. The molecule has 0 unspecified atom stereocenters. The lowest BCUT2D eigenvalue weighted by molar-refractivity contribution is 0.311. The molecule has 0 spiro atoms. The Morgan fingerprint density at radius 2 is 2.14 bits per heavy atom. The Kier molecular flexibility index (Phi) is 4.45. The molecule has 1 fully saturated rings. The van der Waals surface area contributed by atoms with Crippen molar-refractivity contribution >= 4 is 29.1 Å². The van der Waals surface area contributed by atoms with E-state index in [1.165, 1.54) is 12.8 Å². The van der Waals surface area contributed by atoms with Crippen LogP contribution < -0.4 is 10.6 Å². The van der Waals surface area contributed by atoms with Crippen molar-refractivity contribution in [3.8, 4) is 0 Å². The van der Waals surface area contributed by atoms with Gasteiger partial charge in [-0.1, -0.05) is 23.7 Å². The summed E-state index contributed by atoms with van der Waals surface area (Å²) in [5, 5.41) is 15.9. The van der Waals surface area contributed by atoms with Gasteiger partial charge in [-0.05, 0) is 31.4 Å². The first-order chi connectivity index (χ1) is 10.7. The largest absolute Gasteiger partial charge is 0.395 e. The Labute approximate surface area is 134 Å². The first kappa shape index (κ1) is 15.1. The lowest BCUT2D eigenvalue weighted by atomic mass is 10.2. The first-order valence-corrected chi connectivity index (χ1v) is 7.81. The topological polar surface area (TPSA) is 70.1 Å². The molecule has 2 aromatic rings. The normalized spacial score (nSPS) is 14.0. The number of nitrogens with one attached hydrogen (secondary N) is 2. The van der Waals surface area contributed by atoms with Crippen molar-refractivity contribution in [3.05, 3.63) is 40.5 Å². The van der Waals surface area contributed by atoms with Crippen molar-refractivity contribution < 1.29 is 5.11 Å². The first-order valence-electron chi connectivity index (χ1n) is 7.43. The van der Waals surface area contributed by atoms with Crippen LogP contribution in [0.1, 0.15) is 30.0 Å². The van der Waals surface area contributed by atoms with Gasteiger partial charge in [0, 0.05) is 18.5 Å². The predicted molar refractivity (Wildman–Crippen MR) is 89.1 cm³/mol. The second kappa shape index (κ2) is 6.50. The number of para-hydroxylation sites is 1. The summed E-state index contributed by atoms with van der Waals surface area (Å²) in [7, 11) is 0. The van der Waals surface area contributed by atoms with Crippen LogP contribution in [0.3, 0.4) is 0 Å². The smallest absolute Gasteiger partial charge is 0.224 e. The molecular formula is C16H19ClN4O. The number of aryl methyl sites for hydroxylation is 1.